The summed E-state index contributed by atoms with van der Waals surface area (Å²) in [6.07, 6.45) is 3.44. The van der Waals surface area contributed by atoms with Crippen LogP contribution in [0.1, 0.15) is 36.0 Å². The van der Waals surface area contributed by atoms with Gasteiger partial charge in [0.1, 0.15) is 0 Å². The van der Waals surface area contributed by atoms with E-state index in [2.05, 4.69) is 0 Å². The number of ether oxygens (including phenoxy) is 1. The molecule has 2 aromatic heterocycles. The van der Waals surface area contributed by atoms with Gasteiger partial charge in [0, 0.05) is 31.0 Å². The Morgan fingerprint density at radius 3 is 2.71 bits per heavy atom. The number of likely N-dealkylation sites (tertiary alicyclic amines) is 1. The molecule has 162 valence electrons. The first kappa shape index (κ1) is 20.6. The van der Waals surface area contributed by atoms with E-state index in [1.54, 1.807) is 11.3 Å². The molecule has 0 N–H and O–H groups in total. The third-order valence-electron chi connectivity index (χ3n) is 6.09. The van der Waals surface area contributed by atoms with Crippen molar-refractivity contribution in [2.45, 2.75) is 31.8 Å². The number of aromatic nitrogens is 1. The fourth-order valence-corrected chi connectivity index (χ4v) is 5.96. The molecule has 2 saturated heterocycles. The lowest BCUT2D eigenvalue weighted by Gasteiger charge is -2.34. The molecule has 4 heterocycles. The maximum absolute atomic E-state index is 13.6. The first-order valence-electron chi connectivity index (χ1n) is 10.8. The van der Waals surface area contributed by atoms with E-state index >= 15 is 0 Å². The summed E-state index contributed by atoms with van der Waals surface area (Å²) in [4.78, 5) is 34.7. The highest BCUT2D eigenvalue weighted by Crippen LogP contribution is 2.32. The highest BCUT2D eigenvalue weighted by Gasteiger charge is 2.34. The molecule has 0 radical (unpaired) electrons. The fraction of sp³-hybridized carbons (Fsp3) is 0.435. The third-order valence-corrected chi connectivity index (χ3v) is 7.83. The molecule has 0 spiro atoms. The summed E-state index contributed by atoms with van der Waals surface area (Å²) in [7, 11) is 0. The van der Waals surface area contributed by atoms with Crippen LogP contribution < -0.4 is 4.90 Å². The van der Waals surface area contributed by atoms with E-state index in [9.17, 15) is 9.59 Å². The zero-order chi connectivity index (χ0) is 21.2. The van der Waals surface area contributed by atoms with Gasteiger partial charge in [-0.15, -0.1) is 0 Å². The van der Waals surface area contributed by atoms with Gasteiger partial charge in [0.15, 0.2) is 5.13 Å². The Hall–Kier alpha value is -2.29. The Morgan fingerprint density at radius 1 is 1.16 bits per heavy atom. The second kappa shape index (κ2) is 9.06. The zero-order valence-electron chi connectivity index (χ0n) is 17.2. The molecule has 8 heteroatoms. The van der Waals surface area contributed by atoms with Crippen molar-refractivity contribution in [2.75, 3.05) is 31.1 Å². The van der Waals surface area contributed by atoms with Crippen LogP contribution in [0.2, 0.25) is 0 Å². The molecule has 2 fully saturated rings. The fourth-order valence-electron chi connectivity index (χ4n) is 4.35. The quantitative estimate of drug-likeness (QED) is 0.571. The maximum atomic E-state index is 13.6. The second-order valence-corrected chi connectivity index (χ2v) is 9.92. The average molecular weight is 456 g/mol. The third kappa shape index (κ3) is 4.37. The van der Waals surface area contributed by atoms with E-state index in [1.165, 1.54) is 11.3 Å². The number of hydrogen-bond acceptors (Lipinski definition) is 6. The highest BCUT2D eigenvalue weighted by molar-refractivity contribution is 7.22. The van der Waals surface area contributed by atoms with E-state index < -0.39 is 0 Å². The van der Waals surface area contributed by atoms with Gasteiger partial charge in [-0.3, -0.25) is 14.5 Å². The maximum Gasteiger partial charge on any atom is 0.254 e. The summed E-state index contributed by atoms with van der Waals surface area (Å²) < 4.78 is 6.92. The van der Waals surface area contributed by atoms with Gasteiger partial charge in [0.05, 0.1) is 28.4 Å². The first-order valence-corrected chi connectivity index (χ1v) is 12.5. The van der Waals surface area contributed by atoms with Crippen LogP contribution in [-0.2, 0) is 9.53 Å². The minimum absolute atomic E-state index is 0.0644. The van der Waals surface area contributed by atoms with E-state index in [-0.39, 0.29) is 23.8 Å². The van der Waals surface area contributed by atoms with Gasteiger partial charge in [-0.25, -0.2) is 4.98 Å². The summed E-state index contributed by atoms with van der Waals surface area (Å²) in [6.45, 7) is 2.53. The number of amides is 2. The number of fused-ring (bicyclic) bond motifs is 1. The van der Waals surface area contributed by atoms with E-state index in [1.807, 2.05) is 50.9 Å². The number of nitrogens with zero attached hydrogens (tertiary/aromatic N) is 3. The molecule has 0 bridgehead atoms. The van der Waals surface area contributed by atoms with Gasteiger partial charge in [-0.05, 0) is 49.3 Å². The lowest BCUT2D eigenvalue weighted by atomic mass is 9.94. The molecular formula is C23H25N3O3S2. The van der Waals surface area contributed by atoms with Crippen LogP contribution in [0.5, 0.6) is 0 Å². The second-order valence-electron chi connectivity index (χ2n) is 8.13. The van der Waals surface area contributed by atoms with Crippen molar-refractivity contribution in [3.05, 3.63) is 46.7 Å². The van der Waals surface area contributed by atoms with Crippen LogP contribution >= 0.6 is 22.7 Å². The van der Waals surface area contributed by atoms with Crippen molar-refractivity contribution in [3.8, 4) is 0 Å². The summed E-state index contributed by atoms with van der Waals surface area (Å²) in [5.41, 5.74) is 1.66. The molecule has 5 rings (SSSR count). The highest BCUT2D eigenvalue weighted by atomic mass is 32.1. The Labute approximate surface area is 189 Å². The number of anilines is 1. The van der Waals surface area contributed by atoms with Gasteiger partial charge in [-0.1, -0.05) is 23.5 Å². The number of thiazole rings is 1. The largest absolute Gasteiger partial charge is 0.376 e. The number of thiophene rings is 1. The predicted molar refractivity (Wildman–Crippen MR) is 124 cm³/mol. The van der Waals surface area contributed by atoms with Crippen LogP contribution in [0, 0.1) is 5.92 Å². The van der Waals surface area contributed by atoms with Crippen LogP contribution in [0.3, 0.4) is 0 Å². The van der Waals surface area contributed by atoms with Gasteiger partial charge in [-0.2, -0.15) is 11.3 Å². The topological polar surface area (TPSA) is 62.7 Å². The molecule has 1 atom stereocenters. The molecule has 0 saturated carbocycles. The number of rotatable bonds is 5. The number of carbonyl (C=O) groups excluding carboxylic acids is 2. The summed E-state index contributed by atoms with van der Waals surface area (Å²) >= 11 is 3.09. The Kier molecular flexibility index (Phi) is 6.02. The number of para-hydroxylation sites is 1. The van der Waals surface area contributed by atoms with E-state index in [4.69, 9.17) is 9.72 Å². The lowest BCUT2D eigenvalue weighted by molar-refractivity contribution is -0.124. The normalized spacial score (nSPS) is 19.7. The van der Waals surface area contributed by atoms with E-state index in [0.29, 0.717) is 32.5 Å². The van der Waals surface area contributed by atoms with Crippen molar-refractivity contribution < 1.29 is 14.3 Å². The average Bonchev–Trinajstić information content (AvgIpc) is 3.58. The standard InChI is InChI=1S/C23H25N3O3S2/c27-21(17-9-13-30-15-17)25-10-7-16(8-11-25)22(28)26(14-18-4-3-12-29-18)23-24-19-5-1-2-6-20(19)31-23/h1-2,5-6,9,13,15-16,18H,3-4,7-8,10-12,14H2/t18-/m1/s1. The van der Waals surface area contributed by atoms with Crippen LogP contribution in [0.4, 0.5) is 5.13 Å². The van der Waals surface area contributed by atoms with Crippen molar-refractivity contribution in [1.82, 2.24) is 9.88 Å². The van der Waals surface area contributed by atoms with Gasteiger partial charge >= 0.3 is 0 Å². The van der Waals surface area contributed by atoms with E-state index in [0.717, 1.165) is 40.4 Å². The van der Waals surface area contributed by atoms with Gasteiger partial charge in [0.25, 0.3) is 5.91 Å². The number of hydrogen-bond donors (Lipinski definition) is 0. The van der Waals surface area contributed by atoms with Crippen LogP contribution in [0.15, 0.2) is 41.1 Å². The molecule has 0 aliphatic carbocycles. The SMILES string of the molecule is O=C(c1ccsc1)N1CCC(C(=O)N(C[C@H]2CCCO2)c2nc3ccccc3s2)CC1. The monoisotopic (exact) mass is 455 g/mol. The number of carbonyl (C=O) groups is 2. The minimum atomic E-state index is -0.0973. The number of piperidine rings is 1. The summed E-state index contributed by atoms with van der Waals surface area (Å²) in [5.74, 6) is 0.0756. The van der Waals surface area contributed by atoms with Crippen molar-refractivity contribution in [2.24, 2.45) is 5.92 Å². The first-order chi connectivity index (χ1) is 15.2. The lowest BCUT2D eigenvalue weighted by Crippen LogP contribution is -2.46. The summed E-state index contributed by atoms with van der Waals surface area (Å²) in [6, 6.07) is 9.86. The smallest absolute Gasteiger partial charge is 0.254 e. The summed E-state index contributed by atoms with van der Waals surface area (Å²) in [5, 5.41) is 4.55. The Morgan fingerprint density at radius 2 is 2.00 bits per heavy atom. The molecule has 2 amide bonds. The minimum Gasteiger partial charge on any atom is -0.376 e. The van der Waals surface area contributed by atoms with Crippen molar-refractivity contribution in [3.63, 3.8) is 0 Å². The number of benzene rings is 1. The molecule has 6 nitrogen and oxygen atoms in total. The van der Waals surface area contributed by atoms with Crippen molar-refractivity contribution in [1.29, 1.82) is 0 Å². The van der Waals surface area contributed by atoms with Crippen molar-refractivity contribution >= 4 is 49.8 Å². The molecular weight excluding hydrogens is 430 g/mol. The molecule has 2 aliphatic heterocycles. The zero-order valence-corrected chi connectivity index (χ0v) is 18.9. The molecule has 31 heavy (non-hydrogen) atoms. The molecule has 1 aromatic carbocycles. The van der Waals surface area contributed by atoms with Gasteiger partial charge in [0.2, 0.25) is 5.91 Å². The van der Waals surface area contributed by atoms with Crippen LogP contribution in [-0.4, -0.2) is 54.0 Å². The Balaban J connectivity index is 1.31. The predicted octanol–water partition coefficient (Wildman–Crippen LogP) is 4.42. The Bertz CT molecular complexity index is 1020. The van der Waals surface area contributed by atoms with Gasteiger partial charge < -0.3 is 9.64 Å². The van der Waals surface area contributed by atoms with Crippen LogP contribution in [0.25, 0.3) is 10.2 Å². The molecule has 0 unspecified atom stereocenters. The molecule has 2 aliphatic rings. The molecule has 3 aromatic rings.